The summed E-state index contributed by atoms with van der Waals surface area (Å²) < 4.78 is 27.2. The van der Waals surface area contributed by atoms with Crippen LogP contribution in [0.2, 0.25) is 0 Å². The van der Waals surface area contributed by atoms with Crippen LogP contribution in [0, 0.1) is 0 Å². The molecule has 1 fully saturated rings. The normalized spacial score (nSPS) is 15.2. The van der Waals surface area contributed by atoms with Crippen molar-refractivity contribution in [2.75, 3.05) is 17.8 Å². The molecule has 1 aliphatic heterocycles. The molecule has 0 aliphatic carbocycles. The number of hydrogen-bond acceptors (Lipinski definition) is 4. The Labute approximate surface area is 146 Å². The van der Waals surface area contributed by atoms with Crippen LogP contribution in [0.15, 0.2) is 46.0 Å². The number of sulfonamides is 1. The van der Waals surface area contributed by atoms with E-state index in [1.165, 1.54) is 17.8 Å². The number of hydrogen-bond donors (Lipinski definition) is 1. The maximum Gasteiger partial charge on any atom is 0.271 e. The van der Waals surface area contributed by atoms with Gasteiger partial charge in [0.1, 0.15) is 4.21 Å². The van der Waals surface area contributed by atoms with Gasteiger partial charge in [0.15, 0.2) is 0 Å². The van der Waals surface area contributed by atoms with Gasteiger partial charge in [-0.2, -0.15) is 0 Å². The van der Waals surface area contributed by atoms with E-state index in [0.29, 0.717) is 12.1 Å². The molecule has 2 aromatic rings. The van der Waals surface area contributed by atoms with Crippen molar-refractivity contribution in [3.8, 4) is 0 Å². The Morgan fingerprint density at radius 2 is 1.79 bits per heavy atom. The number of carbonyl (C=O) groups excluding carboxylic acids is 1. The summed E-state index contributed by atoms with van der Waals surface area (Å²) in [5.41, 5.74) is 1.39. The monoisotopic (exact) mass is 364 g/mol. The first-order chi connectivity index (χ1) is 11.5. The minimum Gasteiger partial charge on any atom is -0.342 e. The lowest BCUT2D eigenvalue weighted by Gasteiger charge is -2.26. The maximum absolute atomic E-state index is 12.3. The molecule has 1 amide bonds. The van der Waals surface area contributed by atoms with Gasteiger partial charge in [0.25, 0.3) is 10.0 Å². The van der Waals surface area contributed by atoms with Crippen molar-refractivity contribution in [1.82, 2.24) is 4.90 Å². The van der Waals surface area contributed by atoms with E-state index in [4.69, 9.17) is 0 Å². The van der Waals surface area contributed by atoms with Crippen LogP contribution in [-0.4, -0.2) is 32.3 Å². The largest absolute Gasteiger partial charge is 0.342 e. The second-order valence-electron chi connectivity index (χ2n) is 5.85. The highest BCUT2D eigenvalue weighted by Gasteiger charge is 2.17. The van der Waals surface area contributed by atoms with Crippen LogP contribution in [0.3, 0.4) is 0 Å². The van der Waals surface area contributed by atoms with Crippen molar-refractivity contribution in [2.45, 2.75) is 29.9 Å². The van der Waals surface area contributed by atoms with Crippen LogP contribution in [0.25, 0.3) is 0 Å². The first-order valence-corrected chi connectivity index (χ1v) is 10.3. The van der Waals surface area contributed by atoms with Gasteiger partial charge in [-0.25, -0.2) is 8.42 Å². The van der Waals surface area contributed by atoms with Crippen LogP contribution < -0.4 is 4.72 Å². The van der Waals surface area contributed by atoms with Crippen LogP contribution >= 0.6 is 11.3 Å². The van der Waals surface area contributed by atoms with E-state index >= 15 is 0 Å². The van der Waals surface area contributed by atoms with Gasteiger partial charge in [-0.1, -0.05) is 18.2 Å². The first kappa shape index (κ1) is 17.0. The number of benzene rings is 1. The van der Waals surface area contributed by atoms with Crippen LogP contribution in [0.1, 0.15) is 24.8 Å². The summed E-state index contributed by atoms with van der Waals surface area (Å²) >= 11 is 1.18. The fourth-order valence-corrected chi connectivity index (χ4v) is 4.79. The Morgan fingerprint density at radius 3 is 2.42 bits per heavy atom. The van der Waals surface area contributed by atoms with E-state index in [9.17, 15) is 13.2 Å². The van der Waals surface area contributed by atoms with Crippen LogP contribution in [0.4, 0.5) is 5.69 Å². The summed E-state index contributed by atoms with van der Waals surface area (Å²) in [5.74, 6) is 0.140. The molecule has 0 bridgehead atoms. The summed E-state index contributed by atoms with van der Waals surface area (Å²) in [6.45, 7) is 1.69. The fraction of sp³-hybridized carbons (Fsp3) is 0.353. The lowest BCUT2D eigenvalue weighted by molar-refractivity contribution is -0.131. The maximum atomic E-state index is 12.3. The molecule has 1 aromatic carbocycles. The third-order valence-corrected chi connectivity index (χ3v) is 6.81. The van der Waals surface area contributed by atoms with Gasteiger partial charge in [-0.05, 0) is 48.4 Å². The van der Waals surface area contributed by atoms with Crippen molar-refractivity contribution in [2.24, 2.45) is 0 Å². The standard InChI is InChI=1S/C17H20N2O3S2/c20-16(19-10-2-1-3-11-19)13-14-6-8-15(9-7-14)18-24(21,22)17-5-4-12-23-17/h4-9,12,18H,1-3,10-11,13H2. The van der Waals surface area contributed by atoms with E-state index in [-0.39, 0.29) is 10.1 Å². The van der Waals surface area contributed by atoms with Gasteiger partial charge >= 0.3 is 0 Å². The highest BCUT2D eigenvalue weighted by atomic mass is 32.2. The number of thiophene rings is 1. The summed E-state index contributed by atoms with van der Waals surface area (Å²) in [6.07, 6.45) is 3.71. The average Bonchev–Trinajstić information content (AvgIpc) is 3.13. The Morgan fingerprint density at radius 1 is 1.08 bits per heavy atom. The molecule has 0 spiro atoms. The van der Waals surface area contributed by atoms with E-state index in [1.807, 2.05) is 4.90 Å². The molecule has 24 heavy (non-hydrogen) atoms. The molecule has 1 saturated heterocycles. The van der Waals surface area contributed by atoms with E-state index in [0.717, 1.165) is 31.5 Å². The predicted molar refractivity (Wildman–Crippen MR) is 95.7 cm³/mol. The van der Waals surface area contributed by atoms with Crippen molar-refractivity contribution in [1.29, 1.82) is 0 Å². The number of likely N-dealkylation sites (tertiary alicyclic amines) is 1. The molecule has 3 rings (SSSR count). The minimum absolute atomic E-state index is 0.140. The molecule has 0 radical (unpaired) electrons. The molecule has 5 nitrogen and oxygen atoms in total. The summed E-state index contributed by atoms with van der Waals surface area (Å²) in [5, 5.41) is 1.73. The molecular formula is C17H20N2O3S2. The van der Waals surface area contributed by atoms with Crippen molar-refractivity contribution in [3.63, 3.8) is 0 Å². The van der Waals surface area contributed by atoms with Crippen molar-refractivity contribution < 1.29 is 13.2 Å². The summed E-state index contributed by atoms with van der Waals surface area (Å²) in [7, 11) is -3.53. The number of amides is 1. The molecule has 7 heteroatoms. The minimum atomic E-state index is -3.53. The molecule has 0 atom stereocenters. The highest BCUT2D eigenvalue weighted by molar-refractivity contribution is 7.94. The van der Waals surface area contributed by atoms with Crippen LogP contribution in [0.5, 0.6) is 0 Å². The number of nitrogens with one attached hydrogen (secondary N) is 1. The molecule has 0 saturated carbocycles. The average molecular weight is 364 g/mol. The summed E-state index contributed by atoms with van der Waals surface area (Å²) in [4.78, 5) is 14.2. The number of piperidine rings is 1. The topological polar surface area (TPSA) is 66.5 Å². The number of rotatable bonds is 5. The zero-order valence-corrected chi connectivity index (χ0v) is 14.9. The molecule has 128 valence electrons. The third-order valence-electron chi connectivity index (χ3n) is 4.03. The second-order valence-corrected chi connectivity index (χ2v) is 8.71. The quantitative estimate of drug-likeness (QED) is 0.886. The lowest BCUT2D eigenvalue weighted by Crippen LogP contribution is -2.36. The van der Waals surface area contributed by atoms with Gasteiger partial charge in [0.2, 0.25) is 5.91 Å². The Balaban J connectivity index is 1.62. The van der Waals surface area contributed by atoms with Crippen LogP contribution in [-0.2, 0) is 21.2 Å². The second kappa shape index (κ2) is 7.36. The van der Waals surface area contributed by atoms with Crippen molar-refractivity contribution >= 4 is 33.0 Å². The van der Waals surface area contributed by atoms with Gasteiger partial charge in [0, 0.05) is 18.8 Å². The zero-order valence-electron chi connectivity index (χ0n) is 13.3. The Hall–Kier alpha value is -1.86. The van der Waals surface area contributed by atoms with Crippen molar-refractivity contribution in [3.05, 3.63) is 47.3 Å². The number of nitrogens with zero attached hydrogens (tertiary/aromatic N) is 1. The first-order valence-electron chi connectivity index (χ1n) is 7.98. The van der Waals surface area contributed by atoms with Gasteiger partial charge in [-0.3, -0.25) is 9.52 Å². The van der Waals surface area contributed by atoms with Gasteiger partial charge in [-0.15, -0.1) is 11.3 Å². The molecule has 1 N–H and O–H groups in total. The smallest absolute Gasteiger partial charge is 0.271 e. The fourth-order valence-electron chi connectivity index (χ4n) is 2.74. The number of anilines is 1. The molecular weight excluding hydrogens is 344 g/mol. The van der Waals surface area contributed by atoms with E-state index < -0.39 is 10.0 Å². The van der Waals surface area contributed by atoms with Gasteiger partial charge < -0.3 is 4.90 Å². The zero-order chi connectivity index (χ0) is 17.0. The molecule has 0 unspecified atom stereocenters. The predicted octanol–water partition coefficient (Wildman–Crippen LogP) is 3.10. The number of carbonyl (C=O) groups is 1. The highest BCUT2D eigenvalue weighted by Crippen LogP contribution is 2.21. The molecule has 2 heterocycles. The Kier molecular flexibility index (Phi) is 5.20. The summed E-state index contributed by atoms with van der Waals surface area (Å²) in [6, 6.07) is 10.3. The van der Waals surface area contributed by atoms with Gasteiger partial charge in [0.05, 0.1) is 6.42 Å². The Bertz CT molecular complexity index is 778. The SMILES string of the molecule is O=C(Cc1ccc(NS(=O)(=O)c2cccs2)cc1)N1CCCCC1. The molecule has 1 aromatic heterocycles. The third kappa shape index (κ3) is 4.15. The molecule has 1 aliphatic rings. The van der Waals surface area contributed by atoms with E-state index in [1.54, 1.807) is 41.8 Å². The lowest BCUT2D eigenvalue weighted by atomic mass is 10.1. The van der Waals surface area contributed by atoms with E-state index in [2.05, 4.69) is 4.72 Å².